The standard InChI is InChI=1S/C16H21N3O/c1-16(2,3)19-14(20)11-17-10-13-7-4-6-12-8-5-9-18-15(12)13/h4-9,17H,10-11H2,1-3H3,(H,19,20). The maximum atomic E-state index is 11.7. The average Bonchev–Trinajstić information content (AvgIpc) is 2.37. The number of amides is 1. The summed E-state index contributed by atoms with van der Waals surface area (Å²) in [6, 6.07) is 10.0. The molecule has 0 fully saturated rings. The summed E-state index contributed by atoms with van der Waals surface area (Å²) in [4.78, 5) is 16.1. The van der Waals surface area contributed by atoms with Gasteiger partial charge in [0.25, 0.3) is 0 Å². The van der Waals surface area contributed by atoms with Crippen molar-refractivity contribution in [2.24, 2.45) is 0 Å². The topological polar surface area (TPSA) is 54.0 Å². The Morgan fingerprint density at radius 1 is 1.20 bits per heavy atom. The molecule has 0 spiro atoms. The number of carbonyl (C=O) groups excluding carboxylic acids is 1. The first-order valence-electron chi connectivity index (χ1n) is 6.80. The third-order valence-electron chi connectivity index (χ3n) is 2.83. The molecular formula is C16H21N3O. The molecule has 2 rings (SSSR count). The van der Waals surface area contributed by atoms with E-state index < -0.39 is 0 Å². The normalized spacial score (nSPS) is 11.6. The SMILES string of the molecule is CC(C)(C)NC(=O)CNCc1cccc2cccnc12. The van der Waals surface area contributed by atoms with Crippen LogP contribution in [0.4, 0.5) is 0 Å². The van der Waals surface area contributed by atoms with Crippen LogP contribution in [0, 0.1) is 0 Å². The maximum Gasteiger partial charge on any atom is 0.234 e. The lowest BCUT2D eigenvalue weighted by atomic mass is 10.1. The fourth-order valence-corrected chi connectivity index (χ4v) is 2.08. The van der Waals surface area contributed by atoms with E-state index in [-0.39, 0.29) is 11.4 Å². The van der Waals surface area contributed by atoms with Gasteiger partial charge in [0, 0.05) is 23.7 Å². The smallest absolute Gasteiger partial charge is 0.234 e. The minimum absolute atomic E-state index is 0.00527. The Bertz CT molecular complexity index is 597. The van der Waals surface area contributed by atoms with Gasteiger partial charge in [-0.2, -0.15) is 0 Å². The fraction of sp³-hybridized carbons (Fsp3) is 0.375. The largest absolute Gasteiger partial charge is 0.350 e. The number of benzene rings is 1. The van der Waals surface area contributed by atoms with Crippen LogP contribution in [-0.4, -0.2) is 23.0 Å². The van der Waals surface area contributed by atoms with Crippen molar-refractivity contribution in [3.63, 3.8) is 0 Å². The van der Waals surface area contributed by atoms with Crippen molar-refractivity contribution in [1.82, 2.24) is 15.6 Å². The molecule has 0 radical (unpaired) electrons. The van der Waals surface area contributed by atoms with Gasteiger partial charge in [0.1, 0.15) is 0 Å². The highest BCUT2D eigenvalue weighted by Crippen LogP contribution is 2.15. The van der Waals surface area contributed by atoms with Gasteiger partial charge in [-0.25, -0.2) is 0 Å². The Balaban J connectivity index is 1.95. The van der Waals surface area contributed by atoms with Crippen LogP contribution in [0.15, 0.2) is 36.5 Å². The van der Waals surface area contributed by atoms with Crippen LogP contribution in [0.5, 0.6) is 0 Å². The Morgan fingerprint density at radius 2 is 1.95 bits per heavy atom. The maximum absolute atomic E-state index is 11.7. The van der Waals surface area contributed by atoms with E-state index in [1.807, 2.05) is 51.1 Å². The molecule has 0 aliphatic carbocycles. The monoisotopic (exact) mass is 271 g/mol. The van der Waals surface area contributed by atoms with Crippen LogP contribution in [-0.2, 0) is 11.3 Å². The summed E-state index contributed by atoms with van der Waals surface area (Å²) in [6.07, 6.45) is 1.79. The lowest BCUT2D eigenvalue weighted by Crippen LogP contribution is -2.44. The number of aromatic nitrogens is 1. The Labute approximate surface area is 119 Å². The molecule has 106 valence electrons. The fourth-order valence-electron chi connectivity index (χ4n) is 2.08. The minimum Gasteiger partial charge on any atom is -0.350 e. The first-order valence-corrected chi connectivity index (χ1v) is 6.80. The molecule has 0 aliphatic heterocycles. The van der Waals surface area contributed by atoms with Crippen molar-refractivity contribution in [1.29, 1.82) is 0 Å². The molecule has 1 amide bonds. The van der Waals surface area contributed by atoms with Crippen molar-refractivity contribution in [2.75, 3.05) is 6.54 Å². The number of nitrogens with one attached hydrogen (secondary N) is 2. The molecule has 20 heavy (non-hydrogen) atoms. The number of nitrogens with zero attached hydrogens (tertiary/aromatic N) is 1. The van der Waals surface area contributed by atoms with Crippen LogP contribution >= 0.6 is 0 Å². The van der Waals surface area contributed by atoms with Gasteiger partial charge in [-0.3, -0.25) is 9.78 Å². The lowest BCUT2D eigenvalue weighted by Gasteiger charge is -2.20. The van der Waals surface area contributed by atoms with E-state index in [9.17, 15) is 4.79 Å². The lowest BCUT2D eigenvalue weighted by molar-refractivity contribution is -0.121. The molecule has 0 saturated heterocycles. The van der Waals surface area contributed by atoms with Crippen LogP contribution in [0.2, 0.25) is 0 Å². The summed E-state index contributed by atoms with van der Waals surface area (Å²) < 4.78 is 0. The van der Waals surface area contributed by atoms with Gasteiger partial charge >= 0.3 is 0 Å². The molecule has 0 saturated carbocycles. The average molecular weight is 271 g/mol. The van der Waals surface area contributed by atoms with E-state index in [2.05, 4.69) is 15.6 Å². The van der Waals surface area contributed by atoms with Crippen LogP contribution < -0.4 is 10.6 Å². The molecule has 0 unspecified atom stereocenters. The zero-order chi connectivity index (χ0) is 14.6. The van der Waals surface area contributed by atoms with E-state index in [1.54, 1.807) is 6.20 Å². The Hall–Kier alpha value is -1.94. The zero-order valence-corrected chi connectivity index (χ0v) is 12.2. The summed E-state index contributed by atoms with van der Waals surface area (Å²) in [7, 11) is 0. The predicted octanol–water partition coefficient (Wildman–Crippen LogP) is 2.24. The molecule has 4 heteroatoms. The second-order valence-electron chi connectivity index (χ2n) is 5.89. The molecule has 1 aromatic heterocycles. The van der Waals surface area contributed by atoms with Crippen molar-refractivity contribution < 1.29 is 4.79 Å². The molecule has 0 bridgehead atoms. The van der Waals surface area contributed by atoms with Crippen LogP contribution in [0.1, 0.15) is 26.3 Å². The van der Waals surface area contributed by atoms with E-state index in [0.717, 1.165) is 16.5 Å². The quantitative estimate of drug-likeness (QED) is 0.896. The number of pyridine rings is 1. The molecule has 4 nitrogen and oxygen atoms in total. The van der Waals surface area contributed by atoms with Crippen molar-refractivity contribution >= 4 is 16.8 Å². The van der Waals surface area contributed by atoms with E-state index in [1.165, 1.54) is 0 Å². The van der Waals surface area contributed by atoms with Gasteiger partial charge in [-0.05, 0) is 32.4 Å². The van der Waals surface area contributed by atoms with Gasteiger partial charge < -0.3 is 10.6 Å². The summed E-state index contributed by atoms with van der Waals surface area (Å²) in [5.74, 6) is 0.00527. The number of para-hydroxylation sites is 1. The van der Waals surface area contributed by atoms with Crippen LogP contribution in [0.25, 0.3) is 10.9 Å². The van der Waals surface area contributed by atoms with Crippen molar-refractivity contribution in [3.8, 4) is 0 Å². The Morgan fingerprint density at radius 3 is 2.70 bits per heavy atom. The van der Waals surface area contributed by atoms with Gasteiger partial charge in [0.05, 0.1) is 12.1 Å². The second-order valence-corrected chi connectivity index (χ2v) is 5.89. The van der Waals surface area contributed by atoms with Crippen molar-refractivity contribution in [3.05, 3.63) is 42.1 Å². The predicted molar refractivity (Wildman–Crippen MR) is 81.3 cm³/mol. The number of carbonyl (C=O) groups is 1. The second kappa shape index (κ2) is 6.01. The summed E-state index contributed by atoms with van der Waals surface area (Å²) in [5, 5.41) is 7.21. The van der Waals surface area contributed by atoms with Crippen LogP contribution in [0.3, 0.4) is 0 Å². The van der Waals surface area contributed by atoms with Gasteiger partial charge in [0.15, 0.2) is 0 Å². The molecule has 2 aromatic rings. The number of fused-ring (bicyclic) bond motifs is 1. The van der Waals surface area contributed by atoms with Gasteiger partial charge in [-0.15, -0.1) is 0 Å². The molecule has 0 aliphatic rings. The zero-order valence-electron chi connectivity index (χ0n) is 12.2. The van der Waals surface area contributed by atoms with Gasteiger partial charge in [0.2, 0.25) is 5.91 Å². The molecule has 0 atom stereocenters. The number of rotatable bonds is 4. The third kappa shape index (κ3) is 4.03. The highest BCUT2D eigenvalue weighted by molar-refractivity contribution is 5.81. The highest BCUT2D eigenvalue weighted by Gasteiger charge is 2.13. The first-order chi connectivity index (χ1) is 9.46. The third-order valence-corrected chi connectivity index (χ3v) is 2.83. The van der Waals surface area contributed by atoms with Gasteiger partial charge in [-0.1, -0.05) is 24.3 Å². The number of hydrogen-bond acceptors (Lipinski definition) is 3. The molecule has 1 aromatic carbocycles. The van der Waals surface area contributed by atoms with E-state index in [0.29, 0.717) is 13.1 Å². The first kappa shape index (κ1) is 14.5. The van der Waals surface area contributed by atoms with E-state index in [4.69, 9.17) is 0 Å². The molecular weight excluding hydrogens is 250 g/mol. The molecule has 1 heterocycles. The van der Waals surface area contributed by atoms with E-state index >= 15 is 0 Å². The summed E-state index contributed by atoms with van der Waals surface area (Å²) >= 11 is 0. The molecule has 2 N–H and O–H groups in total. The highest BCUT2D eigenvalue weighted by atomic mass is 16.2. The minimum atomic E-state index is -0.195. The van der Waals surface area contributed by atoms with Crippen molar-refractivity contribution in [2.45, 2.75) is 32.9 Å². The number of hydrogen-bond donors (Lipinski definition) is 2. The summed E-state index contributed by atoms with van der Waals surface area (Å²) in [5.41, 5.74) is 1.89. The summed E-state index contributed by atoms with van der Waals surface area (Å²) in [6.45, 7) is 6.85. The Kier molecular flexibility index (Phi) is 4.35.